The molecular weight excluding hydrogens is 200 g/mol. The van der Waals surface area contributed by atoms with E-state index in [1.54, 1.807) is 0 Å². The Bertz CT molecular complexity index is 441. The summed E-state index contributed by atoms with van der Waals surface area (Å²) in [5.41, 5.74) is 0. The number of rotatable bonds is 3. The van der Waals surface area contributed by atoms with Crippen molar-refractivity contribution in [1.29, 1.82) is 0 Å². The van der Waals surface area contributed by atoms with Gasteiger partial charge in [-0.05, 0) is 22.8 Å². The fourth-order valence-corrected chi connectivity index (χ4v) is 2.61. The Hall–Kier alpha value is -0.950. The maximum absolute atomic E-state index is 2.26. The lowest BCUT2D eigenvalue weighted by molar-refractivity contribution is 0.750. The van der Waals surface area contributed by atoms with Crippen LogP contribution in [-0.4, -0.2) is 5.75 Å². The molecule has 0 aliphatic rings. The van der Waals surface area contributed by atoms with Gasteiger partial charge in [0.1, 0.15) is 0 Å². The van der Waals surface area contributed by atoms with Gasteiger partial charge in [0.2, 0.25) is 0 Å². The van der Waals surface area contributed by atoms with Crippen molar-refractivity contribution < 1.29 is 0 Å². The van der Waals surface area contributed by atoms with E-state index in [1.807, 2.05) is 11.8 Å². The minimum Gasteiger partial charge on any atom is -0.125 e. The number of fused-ring (bicyclic) bond motifs is 1. The molecule has 0 spiro atoms. The van der Waals surface area contributed by atoms with Crippen LogP contribution in [0.1, 0.15) is 13.8 Å². The predicted octanol–water partition coefficient (Wildman–Crippen LogP) is 4.59. The molecule has 1 heteroatoms. The molecule has 0 unspecified atom stereocenters. The molecule has 0 aliphatic heterocycles. The first kappa shape index (κ1) is 10.6. The van der Waals surface area contributed by atoms with Gasteiger partial charge in [0, 0.05) is 10.6 Å². The molecule has 0 saturated heterocycles. The van der Waals surface area contributed by atoms with Gasteiger partial charge in [0.25, 0.3) is 0 Å². The molecule has 0 amide bonds. The Kier molecular flexibility index (Phi) is 3.32. The molecule has 0 atom stereocenters. The van der Waals surface area contributed by atoms with Crippen molar-refractivity contribution in [2.45, 2.75) is 18.7 Å². The predicted molar refractivity (Wildman–Crippen MR) is 69.5 cm³/mol. The first-order valence-corrected chi connectivity index (χ1v) is 6.36. The Morgan fingerprint density at radius 3 is 2.53 bits per heavy atom. The van der Waals surface area contributed by atoms with E-state index in [4.69, 9.17) is 0 Å². The molecule has 0 fully saturated rings. The van der Waals surface area contributed by atoms with E-state index < -0.39 is 0 Å². The summed E-state index contributed by atoms with van der Waals surface area (Å²) in [6, 6.07) is 15.1. The minimum absolute atomic E-state index is 0.744. The second-order valence-corrected chi connectivity index (χ2v) is 5.24. The molecule has 15 heavy (non-hydrogen) atoms. The second kappa shape index (κ2) is 4.71. The molecular formula is C14H16S. The van der Waals surface area contributed by atoms with Gasteiger partial charge in [-0.3, -0.25) is 0 Å². The number of thioether (sulfide) groups is 1. The average molecular weight is 216 g/mol. The van der Waals surface area contributed by atoms with Gasteiger partial charge in [-0.15, -0.1) is 11.8 Å². The summed E-state index contributed by atoms with van der Waals surface area (Å²) in [5, 5.41) is 2.72. The average Bonchev–Trinajstić information content (AvgIpc) is 2.26. The molecule has 0 heterocycles. The third-order valence-corrected chi connectivity index (χ3v) is 3.82. The standard InChI is InChI=1S/C14H16S/c1-11(2)10-15-14-9-5-7-12-6-3-4-8-13(12)14/h3-9,11H,10H2,1-2H3. The quantitative estimate of drug-likeness (QED) is 0.676. The van der Waals surface area contributed by atoms with Crippen LogP contribution in [0.2, 0.25) is 0 Å². The third-order valence-electron chi connectivity index (χ3n) is 2.32. The van der Waals surface area contributed by atoms with Crippen LogP contribution in [0.25, 0.3) is 10.8 Å². The molecule has 2 rings (SSSR count). The molecule has 2 aromatic carbocycles. The highest BCUT2D eigenvalue weighted by Crippen LogP contribution is 2.28. The number of hydrogen-bond acceptors (Lipinski definition) is 1. The van der Waals surface area contributed by atoms with E-state index in [1.165, 1.54) is 21.4 Å². The Morgan fingerprint density at radius 1 is 1.00 bits per heavy atom. The SMILES string of the molecule is CC(C)CSc1cccc2ccccc12. The van der Waals surface area contributed by atoms with Crippen LogP contribution in [0.4, 0.5) is 0 Å². The van der Waals surface area contributed by atoms with Crippen molar-refractivity contribution in [3.05, 3.63) is 42.5 Å². The van der Waals surface area contributed by atoms with Gasteiger partial charge in [0.15, 0.2) is 0 Å². The van der Waals surface area contributed by atoms with Crippen LogP contribution >= 0.6 is 11.8 Å². The molecule has 0 aromatic heterocycles. The molecule has 0 saturated carbocycles. The number of benzene rings is 2. The van der Waals surface area contributed by atoms with Gasteiger partial charge in [0.05, 0.1) is 0 Å². The first-order chi connectivity index (χ1) is 7.27. The van der Waals surface area contributed by atoms with Gasteiger partial charge in [-0.25, -0.2) is 0 Å². The summed E-state index contributed by atoms with van der Waals surface area (Å²) in [5.74, 6) is 1.93. The lowest BCUT2D eigenvalue weighted by atomic mass is 10.1. The van der Waals surface area contributed by atoms with E-state index in [0.29, 0.717) is 0 Å². The smallest absolute Gasteiger partial charge is 0.0151 e. The number of hydrogen-bond donors (Lipinski definition) is 0. The van der Waals surface area contributed by atoms with Crippen LogP contribution in [0.3, 0.4) is 0 Å². The van der Waals surface area contributed by atoms with Gasteiger partial charge >= 0.3 is 0 Å². The lowest BCUT2D eigenvalue weighted by Crippen LogP contribution is -1.90. The Morgan fingerprint density at radius 2 is 1.73 bits per heavy atom. The fourth-order valence-electron chi connectivity index (χ4n) is 1.58. The summed E-state index contributed by atoms with van der Waals surface area (Å²) < 4.78 is 0. The topological polar surface area (TPSA) is 0 Å². The van der Waals surface area contributed by atoms with Crippen molar-refractivity contribution in [3.8, 4) is 0 Å². The van der Waals surface area contributed by atoms with Crippen LogP contribution < -0.4 is 0 Å². The van der Waals surface area contributed by atoms with Crippen molar-refractivity contribution in [3.63, 3.8) is 0 Å². The zero-order valence-electron chi connectivity index (χ0n) is 9.23. The lowest BCUT2D eigenvalue weighted by Gasteiger charge is -2.07. The zero-order chi connectivity index (χ0) is 10.7. The summed E-state index contributed by atoms with van der Waals surface area (Å²) in [4.78, 5) is 1.40. The van der Waals surface area contributed by atoms with Crippen molar-refractivity contribution in [2.75, 3.05) is 5.75 Å². The highest BCUT2D eigenvalue weighted by molar-refractivity contribution is 7.99. The largest absolute Gasteiger partial charge is 0.125 e. The molecule has 0 nitrogen and oxygen atoms in total. The van der Waals surface area contributed by atoms with E-state index in [2.05, 4.69) is 56.3 Å². The van der Waals surface area contributed by atoms with Gasteiger partial charge in [-0.2, -0.15) is 0 Å². The van der Waals surface area contributed by atoms with Gasteiger partial charge in [-0.1, -0.05) is 50.2 Å². The summed E-state index contributed by atoms with van der Waals surface area (Å²) >= 11 is 1.96. The highest BCUT2D eigenvalue weighted by Gasteiger charge is 2.01. The maximum Gasteiger partial charge on any atom is 0.0151 e. The molecule has 2 aromatic rings. The van der Waals surface area contributed by atoms with Crippen molar-refractivity contribution in [2.24, 2.45) is 5.92 Å². The highest BCUT2D eigenvalue weighted by atomic mass is 32.2. The van der Waals surface area contributed by atoms with Crippen LogP contribution in [0, 0.1) is 5.92 Å². The maximum atomic E-state index is 2.26. The second-order valence-electron chi connectivity index (χ2n) is 4.18. The normalized spacial score (nSPS) is 11.1. The molecule has 0 bridgehead atoms. The monoisotopic (exact) mass is 216 g/mol. The summed E-state index contributed by atoms with van der Waals surface area (Å²) in [7, 11) is 0. The van der Waals surface area contributed by atoms with Crippen molar-refractivity contribution in [1.82, 2.24) is 0 Å². The third kappa shape index (κ3) is 2.54. The first-order valence-electron chi connectivity index (χ1n) is 5.38. The summed E-state index contributed by atoms with van der Waals surface area (Å²) in [6.45, 7) is 4.52. The van der Waals surface area contributed by atoms with Gasteiger partial charge < -0.3 is 0 Å². The van der Waals surface area contributed by atoms with E-state index in [9.17, 15) is 0 Å². The molecule has 78 valence electrons. The fraction of sp³-hybridized carbons (Fsp3) is 0.286. The summed E-state index contributed by atoms with van der Waals surface area (Å²) in [6.07, 6.45) is 0. The zero-order valence-corrected chi connectivity index (χ0v) is 10.1. The van der Waals surface area contributed by atoms with Crippen LogP contribution in [0.15, 0.2) is 47.4 Å². The van der Waals surface area contributed by atoms with E-state index >= 15 is 0 Å². The Labute approximate surface area is 95.7 Å². The van der Waals surface area contributed by atoms with E-state index in [-0.39, 0.29) is 0 Å². The van der Waals surface area contributed by atoms with Crippen LogP contribution in [-0.2, 0) is 0 Å². The van der Waals surface area contributed by atoms with E-state index in [0.717, 1.165) is 5.92 Å². The van der Waals surface area contributed by atoms with Crippen LogP contribution in [0.5, 0.6) is 0 Å². The van der Waals surface area contributed by atoms with Crippen molar-refractivity contribution >= 4 is 22.5 Å². The Balaban J connectivity index is 2.34. The molecule has 0 aliphatic carbocycles. The molecule has 0 radical (unpaired) electrons. The minimum atomic E-state index is 0.744. The molecule has 0 N–H and O–H groups in total.